The Morgan fingerprint density at radius 1 is 1.08 bits per heavy atom. The first kappa shape index (κ1) is 21.5. The number of morpholine rings is 2. The number of fused-ring (bicyclic) bond motifs is 6. The van der Waals surface area contributed by atoms with Crippen LogP contribution in [0.5, 0.6) is 0 Å². The smallest absolute Gasteiger partial charge is 0.229 e. The molecule has 8 rings (SSSR count). The summed E-state index contributed by atoms with van der Waals surface area (Å²) in [5, 5.41) is 1.62. The highest BCUT2D eigenvalue weighted by atomic mass is 19.2. The average molecular weight is 501 g/mol. The van der Waals surface area contributed by atoms with E-state index in [0.717, 1.165) is 53.5 Å². The van der Waals surface area contributed by atoms with Crippen molar-refractivity contribution in [2.45, 2.75) is 25.1 Å². The molecule has 3 saturated heterocycles. The van der Waals surface area contributed by atoms with Crippen molar-refractivity contribution >= 4 is 38.9 Å². The first-order chi connectivity index (χ1) is 18.2. The fraction of sp³-hybridized carbons (Fsp3) is 0.370. The molecule has 0 unspecified atom stereocenters. The molecule has 188 valence electrons. The van der Waals surface area contributed by atoms with Crippen molar-refractivity contribution < 1.29 is 18.4 Å². The Morgan fingerprint density at radius 3 is 2.84 bits per heavy atom. The van der Waals surface area contributed by atoms with Gasteiger partial charge in [-0.25, -0.2) is 15.0 Å². The van der Waals surface area contributed by atoms with Gasteiger partial charge < -0.3 is 18.8 Å². The third-order valence-electron chi connectivity index (χ3n) is 7.85. The van der Waals surface area contributed by atoms with Crippen LogP contribution in [-0.2, 0) is 16.0 Å². The number of hydrogen-bond donors (Lipinski definition) is 0. The maximum Gasteiger partial charge on any atom is 0.229 e. The minimum absolute atomic E-state index is 0.352. The highest BCUT2D eigenvalue weighted by Gasteiger charge is 2.38. The summed E-state index contributed by atoms with van der Waals surface area (Å²) in [7, 11) is 0. The number of anilines is 1. The van der Waals surface area contributed by atoms with Crippen LogP contribution >= 0.6 is 0 Å². The molecule has 0 N–H and O–H groups in total. The standard InChI is InChI=1S/C27H25FN6O3/c28-34-5-4-19-20(2-1-3-22(19)34)25-30-23-21-10-16(13-33-14-18-11-17(33)15-36-18)12-29-27(21)37-24(23)26(31-25)32-6-8-35-9-7-32/h1-5,10,12,17-18H,6-9,11,13-15H2/t17-,18-/m0/s1. The second kappa shape index (κ2) is 8.20. The van der Waals surface area contributed by atoms with Crippen LogP contribution in [-0.4, -0.2) is 76.2 Å². The molecule has 10 heteroatoms. The Balaban J connectivity index is 1.30. The molecule has 0 spiro atoms. The van der Waals surface area contributed by atoms with Crippen molar-refractivity contribution in [1.29, 1.82) is 0 Å². The fourth-order valence-corrected chi connectivity index (χ4v) is 5.99. The number of hydrogen-bond acceptors (Lipinski definition) is 8. The normalized spacial score (nSPS) is 22.2. The van der Waals surface area contributed by atoms with Crippen molar-refractivity contribution in [3.05, 3.63) is 48.3 Å². The zero-order valence-electron chi connectivity index (χ0n) is 20.1. The van der Waals surface area contributed by atoms with Gasteiger partial charge in [-0.05, 0) is 30.2 Å². The lowest BCUT2D eigenvalue weighted by atomic mass is 10.1. The van der Waals surface area contributed by atoms with E-state index in [1.54, 1.807) is 12.1 Å². The van der Waals surface area contributed by atoms with Crippen molar-refractivity contribution in [3.8, 4) is 11.4 Å². The van der Waals surface area contributed by atoms with Crippen molar-refractivity contribution in [3.63, 3.8) is 0 Å². The number of nitrogens with zero attached hydrogens (tertiary/aromatic N) is 6. The number of rotatable bonds is 4. The molecule has 4 aromatic heterocycles. The quantitative estimate of drug-likeness (QED) is 0.367. The van der Waals surface area contributed by atoms with Gasteiger partial charge in [-0.2, -0.15) is 4.79 Å². The Hall–Kier alpha value is -3.60. The Kier molecular flexibility index (Phi) is 4.76. The molecule has 5 aromatic rings. The highest BCUT2D eigenvalue weighted by molar-refractivity contribution is 6.06. The highest BCUT2D eigenvalue weighted by Crippen LogP contribution is 2.37. The topological polar surface area (TPSA) is 81.7 Å². The van der Waals surface area contributed by atoms with E-state index in [0.29, 0.717) is 71.7 Å². The largest absolute Gasteiger partial charge is 0.432 e. The first-order valence-corrected chi connectivity index (χ1v) is 12.8. The van der Waals surface area contributed by atoms with E-state index in [1.807, 2.05) is 18.3 Å². The van der Waals surface area contributed by atoms with Gasteiger partial charge >= 0.3 is 0 Å². The summed E-state index contributed by atoms with van der Waals surface area (Å²) in [6, 6.07) is 9.89. The third-order valence-corrected chi connectivity index (χ3v) is 7.85. The van der Waals surface area contributed by atoms with Gasteiger partial charge in [-0.1, -0.05) is 16.6 Å². The molecular formula is C27H25FN6O3. The predicted octanol–water partition coefficient (Wildman–Crippen LogP) is 3.94. The minimum Gasteiger partial charge on any atom is -0.432 e. The van der Waals surface area contributed by atoms with E-state index in [2.05, 4.69) is 20.9 Å². The molecule has 37 heavy (non-hydrogen) atoms. The molecule has 9 nitrogen and oxygen atoms in total. The molecule has 0 saturated carbocycles. The van der Waals surface area contributed by atoms with Gasteiger partial charge in [0.25, 0.3) is 0 Å². The summed E-state index contributed by atoms with van der Waals surface area (Å²) in [6.07, 6.45) is 4.76. The molecule has 2 atom stereocenters. The van der Waals surface area contributed by atoms with Gasteiger partial charge in [0.2, 0.25) is 5.71 Å². The SMILES string of the molecule is Fn1ccc2c(-c3nc(N4CCOCC4)c4oc5ncc(CN6C[C@@H]7C[C@H]6CO7)cc5c4n3)cccc21. The van der Waals surface area contributed by atoms with E-state index in [4.69, 9.17) is 23.9 Å². The number of benzene rings is 1. The van der Waals surface area contributed by atoms with E-state index in [9.17, 15) is 4.48 Å². The molecule has 3 aliphatic heterocycles. The van der Waals surface area contributed by atoms with Gasteiger partial charge in [0.1, 0.15) is 5.52 Å². The second-order valence-electron chi connectivity index (χ2n) is 10.1. The van der Waals surface area contributed by atoms with E-state index in [-0.39, 0.29) is 0 Å². The molecule has 1 aromatic carbocycles. The van der Waals surface area contributed by atoms with Crippen LogP contribution in [0.1, 0.15) is 12.0 Å². The maximum atomic E-state index is 14.3. The average Bonchev–Trinajstić information content (AvgIpc) is 3.72. The molecule has 3 fully saturated rings. The predicted molar refractivity (Wildman–Crippen MR) is 136 cm³/mol. The monoisotopic (exact) mass is 500 g/mol. The van der Waals surface area contributed by atoms with Gasteiger partial charge in [0.15, 0.2) is 17.2 Å². The van der Waals surface area contributed by atoms with Crippen LogP contribution in [0.15, 0.2) is 47.1 Å². The molecule has 0 radical (unpaired) electrons. The van der Waals surface area contributed by atoms with Crippen LogP contribution < -0.4 is 4.90 Å². The Morgan fingerprint density at radius 2 is 2.00 bits per heavy atom. The molecule has 0 amide bonds. The molecular weight excluding hydrogens is 475 g/mol. The lowest BCUT2D eigenvalue weighted by molar-refractivity contribution is 0.0273. The summed E-state index contributed by atoms with van der Waals surface area (Å²) in [6.45, 7) is 5.22. The second-order valence-corrected chi connectivity index (χ2v) is 10.1. The minimum atomic E-state index is 0.352. The Bertz CT molecular complexity index is 1660. The summed E-state index contributed by atoms with van der Waals surface area (Å²) < 4.78 is 31.9. The molecule has 0 aliphatic carbocycles. The number of aromatic nitrogens is 4. The van der Waals surface area contributed by atoms with Gasteiger partial charge in [0.05, 0.1) is 36.8 Å². The van der Waals surface area contributed by atoms with Crippen LogP contribution in [0, 0.1) is 0 Å². The van der Waals surface area contributed by atoms with E-state index >= 15 is 0 Å². The molecule has 7 heterocycles. The summed E-state index contributed by atoms with van der Waals surface area (Å²) in [5.74, 6) is 1.25. The maximum absolute atomic E-state index is 14.3. The van der Waals surface area contributed by atoms with Gasteiger partial charge in [-0.3, -0.25) is 4.90 Å². The number of furan rings is 1. The number of pyridine rings is 1. The zero-order valence-corrected chi connectivity index (χ0v) is 20.1. The lowest BCUT2D eigenvalue weighted by Gasteiger charge is -2.27. The Labute approximate surface area is 211 Å². The van der Waals surface area contributed by atoms with Gasteiger partial charge in [-0.15, -0.1) is 0 Å². The number of likely N-dealkylation sites (tertiary alicyclic amines) is 1. The van der Waals surface area contributed by atoms with E-state index in [1.165, 1.54) is 6.20 Å². The van der Waals surface area contributed by atoms with E-state index < -0.39 is 0 Å². The number of halogens is 1. The molecule has 2 bridgehead atoms. The van der Waals surface area contributed by atoms with Crippen LogP contribution in [0.25, 0.3) is 44.5 Å². The zero-order chi connectivity index (χ0) is 24.5. The van der Waals surface area contributed by atoms with Crippen LogP contribution in [0.2, 0.25) is 0 Å². The first-order valence-electron chi connectivity index (χ1n) is 12.8. The van der Waals surface area contributed by atoms with Crippen LogP contribution in [0.3, 0.4) is 0 Å². The lowest BCUT2D eigenvalue weighted by Crippen LogP contribution is -2.37. The van der Waals surface area contributed by atoms with Crippen LogP contribution in [0.4, 0.5) is 10.3 Å². The molecule has 3 aliphatic rings. The summed E-state index contributed by atoms with van der Waals surface area (Å²) >= 11 is 0. The van der Waals surface area contributed by atoms with Crippen molar-refractivity contribution in [2.24, 2.45) is 0 Å². The summed E-state index contributed by atoms with van der Waals surface area (Å²) in [5.41, 5.74) is 4.26. The summed E-state index contributed by atoms with van der Waals surface area (Å²) in [4.78, 5) is 19.9. The fourth-order valence-electron chi connectivity index (χ4n) is 5.99. The number of ether oxygens (including phenoxy) is 2. The van der Waals surface area contributed by atoms with Crippen molar-refractivity contribution in [2.75, 3.05) is 44.4 Å². The third kappa shape index (κ3) is 3.43. The van der Waals surface area contributed by atoms with Crippen molar-refractivity contribution in [1.82, 2.24) is 24.6 Å². The van der Waals surface area contributed by atoms with Gasteiger partial charge in [0, 0.05) is 55.6 Å².